The summed E-state index contributed by atoms with van der Waals surface area (Å²) in [5.74, 6) is 0.513. The molecule has 0 saturated carbocycles. The molecule has 8 heteroatoms. The van der Waals surface area contributed by atoms with Crippen LogP contribution in [0.5, 0.6) is 11.5 Å². The summed E-state index contributed by atoms with van der Waals surface area (Å²) in [7, 11) is 1.56. The molecule has 0 aliphatic rings. The summed E-state index contributed by atoms with van der Waals surface area (Å²) in [5.41, 5.74) is 4.71. The van der Waals surface area contributed by atoms with Gasteiger partial charge < -0.3 is 18.6 Å². The average Bonchev–Trinajstić information content (AvgIpc) is 3.27. The van der Waals surface area contributed by atoms with Crippen molar-refractivity contribution in [2.45, 2.75) is 6.92 Å². The maximum atomic E-state index is 12.8. The molecule has 0 saturated heterocycles. The first-order valence-corrected chi connectivity index (χ1v) is 11.0. The molecule has 1 heterocycles. The lowest BCUT2D eigenvalue weighted by Crippen LogP contribution is -2.24. The van der Waals surface area contributed by atoms with E-state index in [9.17, 15) is 9.59 Å². The molecule has 4 rings (SSSR count). The van der Waals surface area contributed by atoms with Gasteiger partial charge in [0.1, 0.15) is 28.4 Å². The first-order valence-electron chi connectivity index (χ1n) is 11.0. The lowest BCUT2D eigenvalue weighted by molar-refractivity contribution is -0.123. The molecular formula is C27H24N2O6. The molecule has 0 unspecified atom stereocenters. The lowest BCUT2D eigenvalue weighted by atomic mass is 10.1. The van der Waals surface area contributed by atoms with E-state index in [2.05, 4.69) is 10.5 Å². The molecule has 3 aromatic carbocycles. The highest BCUT2D eigenvalue weighted by Crippen LogP contribution is 2.36. The van der Waals surface area contributed by atoms with Crippen LogP contribution in [0.3, 0.4) is 0 Å². The minimum absolute atomic E-state index is 0.228. The summed E-state index contributed by atoms with van der Waals surface area (Å²) < 4.78 is 22.1. The Morgan fingerprint density at radius 3 is 2.57 bits per heavy atom. The fourth-order valence-corrected chi connectivity index (χ4v) is 3.49. The summed E-state index contributed by atoms with van der Waals surface area (Å²) in [5, 5.41) is 4.48. The summed E-state index contributed by atoms with van der Waals surface area (Å²) in [6, 6.07) is 21.6. The number of hydrogen-bond acceptors (Lipinski definition) is 7. The Balaban J connectivity index is 1.50. The number of furan rings is 1. The van der Waals surface area contributed by atoms with E-state index >= 15 is 0 Å². The Kier molecular flexibility index (Phi) is 7.42. The van der Waals surface area contributed by atoms with Gasteiger partial charge >= 0.3 is 5.97 Å². The number of rotatable bonds is 9. The molecule has 0 radical (unpaired) electrons. The predicted molar refractivity (Wildman–Crippen MR) is 132 cm³/mol. The number of amides is 1. The molecule has 0 aliphatic heterocycles. The number of methoxy groups -OCH3 is 1. The van der Waals surface area contributed by atoms with Gasteiger partial charge in [0.15, 0.2) is 6.61 Å². The average molecular weight is 472 g/mol. The Labute approximate surface area is 202 Å². The molecule has 35 heavy (non-hydrogen) atoms. The van der Waals surface area contributed by atoms with E-state index in [1.165, 1.54) is 6.21 Å². The highest BCUT2D eigenvalue weighted by molar-refractivity contribution is 6.09. The van der Waals surface area contributed by atoms with Crippen LogP contribution >= 0.6 is 0 Å². The second-order valence-electron chi connectivity index (χ2n) is 7.37. The van der Waals surface area contributed by atoms with Gasteiger partial charge in [-0.25, -0.2) is 10.2 Å². The molecule has 0 aliphatic carbocycles. The highest BCUT2D eigenvalue weighted by Gasteiger charge is 2.23. The normalized spacial score (nSPS) is 10.9. The summed E-state index contributed by atoms with van der Waals surface area (Å²) in [6.45, 7) is 1.70. The molecule has 178 valence electrons. The number of carbonyl (C=O) groups is 2. The molecular weight excluding hydrogens is 448 g/mol. The number of benzene rings is 3. The standard InChI is InChI=1S/C27H24N2O6/c1-3-33-27(31)25-21-15-20(13-14-23(21)35-26(25)18-9-5-4-6-10-18)34-17-24(30)29-28-16-19-11-7-8-12-22(19)32-2/h4-16H,3,17H2,1-2H3,(H,29,30)/b28-16-. The number of fused-ring (bicyclic) bond motifs is 1. The SMILES string of the molecule is CCOC(=O)c1c(-c2ccccc2)oc2ccc(OCC(=O)N/N=C\c3ccccc3OC)cc12. The van der Waals surface area contributed by atoms with E-state index < -0.39 is 11.9 Å². The van der Waals surface area contributed by atoms with Crippen molar-refractivity contribution in [3.8, 4) is 22.8 Å². The third kappa shape index (κ3) is 5.50. The molecule has 1 aromatic heterocycles. The topological polar surface area (TPSA) is 99.4 Å². The minimum atomic E-state index is -0.495. The van der Waals surface area contributed by atoms with Crippen LogP contribution < -0.4 is 14.9 Å². The van der Waals surface area contributed by atoms with Gasteiger partial charge in [-0.1, -0.05) is 42.5 Å². The Hall–Kier alpha value is -4.59. The molecule has 4 aromatic rings. The van der Waals surface area contributed by atoms with Crippen LogP contribution in [0.4, 0.5) is 0 Å². The number of nitrogens with zero attached hydrogens (tertiary/aromatic N) is 1. The molecule has 0 fully saturated rings. The van der Waals surface area contributed by atoms with Crippen LogP contribution in [0, 0.1) is 0 Å². The fraction of sp³-hybridized carbons (Fsp3) is 0.148. The van der Waals surface area contributed by atoms with Crippen molar-refractivity contribution >= 4 is 29.1 Å². The number of carbonyl (C=O) groups excluding carboxylic acids is 2. The minimum Gasteiger partial charge on any atom is -0.496 e. The van der Waals surface area contributed by atoms with Crippen molar-refractivity contribution in [3.63, 3.8) is 0 Å². The number of ether oxygens (including phenoxy) is 3. The fourth-order valence-electron chi connectivity index (χ4n) is 3.49. The van der Waals surface area contributed by atoms with Crippen LogP contribution in [0.15, 0.2) is 82.3 Å². The molecule has 0 atom stereocenters. The van der Waals surface area contributed by atoms with Gasteiger partial charge in [-0.05, 0) is 37.3 Å². The number of para-hydroxylation sites is 1. The number of esters is 1. The molecule has 0 spiro atoms. The lowest BCUT2D eigenvalue weighted by Gasteiger charge is -2.06. The van der Waals surface area contributed by atoms with Crippen LogP contribution in [0.25, 0.3) is 22.3 Å². The molecule has 8 nitrogen and oxygen atoms in total. The van der Waals surface area contributed by atoms with Crippen LogP contribution in [-0.2, 0) is 9.53 Å². The van der Waals surface area contributed by atoms with Crippen LogP contribution in [0.1, 0.15) is 22.8 Å². The van der Waals surface area contributed by atoms with E-state index in [0.29, 0.717) is 33.8 Å². The van der Waals surface area contributed by atoms with E-state index in [4.69, 9.17) is 18.6 Å². The predicted octanol–water partition coefficient (Wildman–Crippen LogP) is 4.81. The van der Waals surface area contributed by atoms with Crippen molar-refractivity contribution in [2.24, 2.45) is 5.10 Å². The van der Waals surface area contributed by atoms with E-state index in [1.54, 1.807) is 38.3 Å². The van der Waals surface area contributed by atoms with Crippen molar-refractivity contribution in [1.29, 1.82) is 0 Å². The number of nitrogens with one attached hydrogen (secondary N) is 1. The maximum Gasteiger partial charge on any atom is 0.342 e. The van der Waals surface area contributed by atoms with Gasteiger partial charge in [-0.15, -0.1) is 0 Å². The van der Waals surface area contributed by atoms with Gasteiger partial charge in [-0.2, -0.15) is 5.10 Å². The van der Waals surface area contributed by atoms with Crippen LogP contribution in [0.2, 0.25) is 0 Å². The van der Waals surface area contributed by atoms with E-state index in [1.807, 2.05) is 48.5 Å². The van der Waals surface area contributed by atoms with Crippen molar-refractivity contribution in [1.82, 2.24) is 5.43 Å². The largest absolute Gasteiger partial charge is 0.496 e. The zero-order chi connectivity index (χ0) is 24.6. The number of hydrazone groups is 1. The third-order valence-corrected chi connectivity index (χ3v) is 5.08. The van der Waals surface area contributed by atoms with Gasteiger partial charge in [0.05, 0.1) is 19.9 Å². The zero-order valence-corrected chi connectivity index (χ0v) is 19.3. The van der Waals surface area contributed by atoms with Gasteiger partial charge in [0, 0.05) is 16.5 Å². The third-order valence-electron chi connectivity index (χ3n) is 5.08. The highest BCUT2D eigenvalue weighted by atomic mass is 16.5. The Morgan fingerprint density at radius 1 is 1.03 bits per heavy atom. The van der Waals surface area contributed by atoms with E-state index in [-0.39, 0.29) is 13.2 Å². The zero-order valence-electron chi connectivity index (χ0n) is 19.3. The quantitative estimate of drug-likeness (QED) is 0.213. The van der Waals surface area contributed by atoms with Crippen molar-refractivity contribution in [3.05, 3.63) is 83.9 Å². The van der Waals surface area contributed by atoms with Crippen molar-refractivity contribution in [2.75, 3.05) is 20.3 Å². The first-order chi connectivity index (χ1) is 17.1. The summed E-state index contributed by atoms with van der Waals surface area (Å²) in [4.78, 5) is 25.0. The number of hydrogen-bond donors (Lipinski definition) is 1. The molecule has 1 amide bonds. The molecule has 0 bridgehead atoms. The Morgan fingerprint density at radius 2 is 1.80 bits per heavy atom. The van der Waals surface area contributed by atoms with Gasteiger partial charge in [0.25, 0.3) is 5.91 Å². The second-order valence-corrected chi connectivity index (χ2v) is 7.37. The van der Waals surface area contributed by atoms with E-state index in [0.717, 1.165) is 11.1 Å². The van der Waals surface area contributed by atoms with Gasteiger partial charge in [-0.3, -0.25) is 4.79 Å². The maximum absolute atomic E-state index is 12.8. The first kappa shape index (κ1) is 23.6. The van der Waals surface area contributed by atoms with Crippen LogP contribution in [-0.4, -0.2) is 38.4 Å². The monoisotopic (exact) mass is 472 g/mol. The summed E-state index contributed by atoms with van der Waals surface area (Å²) in [6.07, 6.45) is 1.49. The van der Waals surface area contributed by atoms with Gasteiger partial charge in [0.2, 0.25) is 0 Å². The molecule has 1 N–H and O–H groups in total. The van der Waals surface area contributed by atoms with Crippen molar-refractivity contribution < 1.29 is 28.2 Å². The Bertz CT molecular complexity index is 1360. The second kappa shape index (κ2) is 11.0. The smallest absolute Gasteiger partial charge is 0.342 e. The summed E-state index contributed by atoms with van der Waals surface area (Å²) >= 11 is 0.